The third-order valence-electron chi connectivity index (χ3n) is 4.26. The summed E-state index contributed by atoms with van der Waals surface area (Å²) < 4.78 is 3.72. The van der Waals surface area contributed by atoms with E-state index in [1.165, 1.54) is 0 Å². The van der Waals surface area contributed by atoms with E-state index >= 15 is 0 Å². The Balaban J connectivity index is 1.61. The molecule has 4 aromatic rings. The minimum absolute atomic E-state index is 0.0944. The fourth-order valence-electron chi connectivity index (χ4n) is 2.84. The molecule has 4 rings (SSSR count). The van der Waals surface area contributed by atoms with Crippen molar-refractivity contribution >= 4 is 11.5 Å². The number of nitrogens with one attached hydrogen (secondary N) is 1. The van der Waals surface area contributed by atoms with Gasteiger partial charge in [-0.05, 0) is 25.5 Å². The number of benzene rings is 1. The lowest BCUT2D eigenvalue weighted by atomic mass is 10.2. The van der Waals surface area contributed by atoms with E-state index in [4.69, 9.17) is 0 Å². The Morgan fingerprint density at radius 3 is 2.76 bits per heavy atom. The predicted octanol–water partition coefficient (Wildman–Crippen LogP) is 3.65. The molecule has 0 unspecified atom stereocenters. The van der Waals surface area contributed by atoms with Crippen molar-refractivity contribution in [3.63, 3.8) is 0 Å². The highest BCUT2D eigenvalue weighted by molar-refractivity contribution is 5.50. The average molecular weight is 332 g/mol. The first-order valence-corrected chi connectivity index (χ1v) is 8.45. The molecule has 6 heteroatoms. The van der Waals surface area contributed by atoms with Crippen molar-refractivity contribution in [2.75, 3.05) is 5.32 Å². The number of aromatic nitrogens is 5. The molecule has 0 saturated carbocycles. The quantitative estimate of drug-likeness (QED) is 0.606. The van der Waals surface area contributed by atoms with E-state index in [0.717, 1.165) is 34.8 Å². The molecule has 25 heavy (non-hydrogen) atoms. The molecule has 0 amide bonds. The van der Waals surface area contributed by atoms with Gasteiger partial charge in [-0.1, -0.05) is 25.1 Å². The summed E-state index contributed by atoms with van der Waals surface area (Å²) in [5, 5.41) is 12.4. The van der Waals surface area contributed by atoms with Gasteiger partial charge in [-0.2, -0.15) is 14.7 Å². The lowest BCUT2D eigenvalue weighted by Gasteiger charge is -2.15. The van der Waals surface area contributed by atoms with E-state index in [1.807, 2.05) is 51.8 Å². The van der Waals surface area contributed by atoms with Gasteiger partial charge in [0.25, 0.3) is 0 Å². The fourth-order valence-corrected chi connectivity index (χ4v) is 2.84. The average Bonchev–Trinajstić information content (AvgIpc) is 3.32. The van der Waals surface area contributed by atoms with E-state index < -0.39 is 0 Å². The van der Waals surface area contributed by atoms with Crippen LogP contribution in [0, 0.1) is 0 Å². The van der Waals surface area contributed by atoms with E-state index in [1.54, 1.807) is 6.20 Å². The van der Waals surface area contributed by atoms with E-state index in [2.05, 4.69) is 46.6 Å². The number of fused-ring (bicyclic) bond motifs is 1. The second kappa shape index (κ2) is 6.39. The molecule has 6 nitrogen and oxygen atoms in total. The van der Waals surface area contributed by atoms with Crippen LogP contribution in [0.1, 0.15) is 31.1 Å². The fraction of sp³-hybridized carbons (Fsp3) is 0.211. The molecule has 0 radical (unpaired) electrons. The van der Waals surface area contributed by atoms with Gasteiger partial charge in [0.05, 0.1) is 24.1 Å². The van der Waals surface area contributed by atoms with Gasteiger partial charge >= 0.3 is 0 Å². The van der Waals surface area contributed by atoms with E-state index in [0.29, 0.717) is 0 Å². The maximum absolute atomic E-state index is 4.58. The van der Waals surface area contributed by atoms with Crippen LogP contribution in [-0.4, -0.2) is 24.4 Å². The summed E-state index contributed by atoms with van der Waals surface area (Å²) in [6, 6.07) is 14.2. The van der Waals surface area contributed by atoms with Gasteiger partial charge in [0.2, 0.25) is 0 Å². The maximum Gasteiger partial charge on any atom is 0.157 e. The number of para-hydroxylation sites is 1. The molecule has 0 aliphatic heterocycles. The Hall–Kier alpha value is -3.15. The number of anilines is 1. The molecule has 0 spiro atoms. The number of rotatable bonds is 5. The zero-order valence-electron chi connectivity index (χ0n) is 14.3. The van der Waals surface area contributed by atoms with Gasteiger partial charge in [0.1, 0.15) is 5.82 Å². The molecule has 0 aliphatic rings. The number of aryl methyl sites for hydroxylation is 1. The predicted molar refractivity (Wildman–Crippen MR) is 98.0 cm³/mol. The van der Waals surface area contributed by atoms with Crippen LogP contribution < -0.4 is 5.32 Å². The van der Waals surface area contributed by atoms with Crippen LogP contribution in [0.5, 0.6) is 0 Å². The highest BCUT2D eigenvalue weighted by Gasteiger charge is 2.12. The van der Waals surface area contributed by atoms with Crippen molar-refractivity contribution in [3.8, 4) is 5.69 Å². The monoisotopic (exact) mass is 332 g/mol. The van der Waals surface area contributed by atoms with Crippen molar-refractivity contribution in [3.05, 3.63) is 72.3 Å². The summed E-state index contributed by atoms with van der Waals surface area (Å²) in [4.78, 5) is 4.58. The first-order chi connectivity index (χ1) is 12.2. The second-order valence-corrected chi connectivity index (χ2v) is 6.01. The normalized spacial score (nSPS) is 12.4. The molecule has 1 atom stereocenters. The van der Waals surface area contributed by atoms with Crippen LogP contribution in [-0.2, 0) is 6.42 Å². The van der Waals surface area contributed by atoms with Crippen LogP contribution in [0.25, 0.3) is 11.3 Å². The molecule has 126 valence electrons. The molecular formula is C19H20N6. The Kier molecular flexibility index (Phi) is 3.93. The minimum Gasteiger partial charge on any atom is -0.363 e. The molecule has 3 aromatic heterocycles. The molecule has 1 N–H and O–H groups in total. The van der Waals surface area contributed by atoms with Gasteiger partial charge in [0, 0.05) is 29.6 Å². The van der Waals surface area contributed by atoms with Crippen molar-refractivity contribution in [1.82, 2.24) is 24.4 Å². The summed E-state index contributed by atoms with van der Waals surface area (Å²) in [5.74, 6) is 0.937. The SMILES string of the molecule is CCc1cc(N[C@@H](C)c2cnn(-c3ccccc3)c2)n2nccc2n1. The van der Waals surface area contributed by atoms with E-state index in [-0.39, 0.29) is 6.04 Å². The Bertz CT molecular complexity index is 986. The third-order valence-corrected chi connectivity index (χ3v) is 4.26. The zero-order valence-corrected chi connectivity index (χ0v) is 14.3. The number of nitrogens with zero attached hydrogens (tertiary/aromatic N) is 5. The first-order valence-electron chi connectivity index (χ1n) is 8.45. The topological polar surface area (TPSA) is 60.0 Å². The first kappa shape index (κ1) is 15.4. The van der Waals surface area contributed by atoms with Gasteiger partial charge < -0.3 is 5.32 Å². The van der Waals surface area contributed by atoms with Crippen molar-refractivity contribution in [1.29, 1.82) is 0 Å². The molecule has 0 fully saturated rings. The van der Waals surface area contributed by atoms with E-state index in [9.17, 15) is 0 Å². The lowest BCUT2D eigenvalue weighted by molar-refractivity contribution is 0.831. The van der Waals surface area contributed by atoms with Gasteiger partial charge in [-0.25, -0.2) is 9.67 Å². The highest BCUT2D eigenvalue weighted by atomic mass is 15.3. The molecule has 0 aliphatic carbocycles. The maximum atomic E-state index is 4.58. The molecule has 0 saturated heterocycles. The van der Waals surface area contributed by atoms with Crippen molar-refractivity contribution in [2.24, 2.45) is 0 Å². The van der Waals surface area contributed by atoms with Crippen molar-refractivity contribution in [2.45, 2.75) is 26.3 Å². The Morgan fingerprint density at radius 1 is 1.12 bits per heavy atom. The molecule has 3 heterocycles. The Morgan fingerprint density at radius 2 is 1.96 bits per heavy atom. The molecular weight excluding hydrogens is 312 g/mol. The summed E-state index contributed by atoms with van der Waals surface area (Å²) in [6.07, 6.45) is 6.60. The summed E-state index contributed by atoms with van der Waals surface area (Å²) in [6.45, 7) is 4.22. The summed E-state index contributed by atoms with van der Waals surface area (Å²) in [7, 11) is 0. The summed E-state index contributed by atoms with van der Waals surface area (Å²) in [5.41, 5.74) is 4.06. The van der Waals surface area contributed by atoms with Crippen LogP contribution in [0.3, 0.4) is 0 Å². The largest absolute Gasteiger partial charge is 0.363 e. The smallest absolute Gasteiger partial charge is 0.157 e. The van der Waals surface area contributed by atoms with Crippen LogP contribution >= 0.6 is 0 Å². The molecule has 0 bridgehead atoms. The number of hydrogen-bond acceptors (Lipinski definition) is 4. The molecule has 1 aromatic carbocycles. The summed E-state index contributed by atoms with van der Waals surface area (Å²) >= 11 is 0. The Labute approximate surface area is 146 Å². The van der Waals surface area contributed by atoms with Crippen LogP contribution in [0.4, 0.5) is 5.82 Å². The minimum atomic E-state index is 0.0944. The van der Waals surface area contributed by atoms with Gasteiger partial charge in [-0.3, -0.25) is 0 Å². The van der Waals surface area contributed by atoms with Crippen LogP contribution in [0.2, 0.25) is 0 Å². The standard InChI is InChI=1S/C19H20N6/c1-3-16-11-19(25-18(23-16)9-10-20-25)22-14(2)15-12-21-24(13-15)17-7-5-4-6-8-17/h4-14,22H,3H2,1-2H3/t14-/m0/s1. The highest BCUT2D eigenvalue weighted by Crippen LogP contribution is 2.21. The van der Waals surface area contributed by atoms with Gasteiger partial charge in [0.15, 0.2) is 5.65 Å². The third kappa shape index (κ3) is 2.98. The second-order valence-electron chi connectivity index (χ2n) is 6.01. The zero-order chi connectivity index (χ0) is 17.2. The number of hydrogen-bond donors (Lipinski definition) is 1. The van der Waals surface area contributed by atoms with Gasteiger partial charge in [-0.15, -0.1) is 0 Å². The van der Waals surface area contributed by atoms with Crippen molar-refractivity contribution < 1.29 is 0 Å². The van der Waals surface area contributed by atoms with Crippen LogP contribution in [0.15, 0.2) is 61.1 Å². The lowest BCUT2D eigenvalue weighted by Crippen LogP contribution is -2.11.